The highest BCUT2D eigenvalue weighted by atomic mass is 79.9. The van der Waals surface area contributed by atoms with Crippen molar-refractivity contribution in [3.8, 4) is 0 Å². The molecule has 2 rings (SSSR count). The quantitative estimate of drug-likeness (QED) is 0.718. The molecule has 0 atom stereocenters. The predicted molar refractivity (Wildman–Crippen MR) is 53.4 cm³/mol. The molecule has 0 aliphatic rings. The molecule has 2 heterocycles. The summed E-state index contributed by atoms with van der Waals surface area (Å²) in [5.41, 5.74) is 1.69. The largest absolute Gasteiger partial charge is 0.313 e. The third-order valence-corrected chi connectivity index (χ3v) is 2.40. The van der Waals surface area contributed by atoms with Crippen LogP contribution in [0.5, 0.6) is 0 Å². The van der Waals surface area contributed by atoms with E-state index in [0.29, 0.717) is 6.04 Å². The molecular formula is C8H9BrN4. The van der Waals surface area contributed by atoms with Crippen LogP contribution in [0.25, 0.3) is 11.2 Å². The van der Waals surface area contributed by atoms with Gasteiger partial charge in [0, 0.05) is 6.04 Å². The Morgan fingerprint density at radius 1 is 1.46 bits per heavy atom. The van der Waals surface area contributed by atoms with Gasteiger partial charge in [-0.2, -0.15) is 0 Å². The van der Waals surface area contributed by atoms with Gasteiger partial charge < -0.3 is 4.57 Å². The first-order chi connectivity index (χ1) is 6.20. The second-order valence-corrected chi connectivity index (χ2v) is 3.79. The first-order valence-electron chi connectivity index (χ1n) is 4.03. The van der Waals surface area contributed by atoms with Gasteiger partial charge in [-0.05, 0) is 29.8 Å². The highest BCUT2D eigenvalue weighted by Crippen LogP contribution is 2.21. The summed E-state index contributed by atoms with van der Waals surface area (Å²) >= 11 is 3.39. The summed E-state index contributed by atoms with van der Waals surface area (Å²) in [5, 5.41) is 0. The zero-order valence-electron chi connectivity index (χ0n) is 7.40. The average Bonchev–Trinajstić information content (AvgIpc) is 2.39. The van der Waals surface area contributed by atoms with Gasteiger partial charge in [-0.25, -0.2) is 15.0 Å². The molecule has 13 heavy (non-hydrogen) atoms. The number of aromatic nitrogens is 4. The van der Waals surface area contributed by atoms with Crippen molar-refractivity contribution in [1.82, 2.24) is 19.5 Å². The van der Waals surface area contributed by atoms with Crippen LogP contribution in [-0.2, 0) is 0 Å². The van der Waals surface area contributed by atoms with E-state index in [1.807, 2.05) is 0 Å². The maximum absolute atomic E-state index is 4.26. The fourth-order valence-electron chi connectivity index (χ4n) is 1.30. The molecule has 2 aromatic heterocycles. The molecule has 0 radical (unpaired) electrons. The van der Waals surface area contributed by atoms with Crippen molar-refractivity contribution in [3.05, 3.63) is 17.3 Å². The van der Waals surface area contributed by atoms with E-state index in [1.54, 1.807) is 6.20 Å². The zero-order valence-corrected chi connectivity index (χ0v) is 8.98. The lowest BCUT2D eigenvalue weighted by atomic mass is 10.4. The topological polar surface area (TPSA) is 43.6 Å². The Hall–Kier alpha value is -0.970. The molecule has 0 fully saturated rings. The van der Waals surface area contributed by atoms with E-state index in [4.69, 9.17) is 0 Å². The third kappa shape index (κ3) is 1.33. The number of imidazole rings is 1. The van der Waals surface area contributed by atoms with Crippen LogP contribution in [0.1, 0.15) is 19.9 Å². The van der Waals surface area contributed by atoms with Crippen LogP contribution >= 0.6 is 15.9 Å². The number of nitrogens with zero attached hydrogens (tertiary/aromatic N) is 4. The summed E-state index contributed by atoms with van der Waals surface area (Å²) in [6, 6.07) is 0.352. The molecule has 0 aliphatic heterocycles. The lowest BCUT2D eigenvalue weighted by Crippen LogP contribution is -2.00. The number of fused-ring (bicyclic) bond motifs is 1. The summed E-state index contributed by atoms with van der Waals surface area (Å²) in [6.45, 7) is 4.19. The number of hydrogen-bond acceptors (Lipinski definition) is 3. The van der Waals surface area contributed by atoms with Crippen molar-refractivity contribution in [2.75, 3.05) is 0 Å². The maximum Gasteiger partial charge on any atom is 0.181 e. The van der Waals surface area contributed by atoms with Crippen LogP contribution in [0.15, 0.2) is 17.3 Å². The van der Waals surface area contributed by atoms with E-state index in [-0.39, 0.29) is 0 Å². The summed E-state index contributed by atoms with van der Waals surface area (Å²) in [6.07, 6.45) is 3.28. The van der Waals surface area contributed by atoms with Gasteiger partial charge in [-0.15, -0.1) is 0 Å². The summed E-state index contributed by atoms with van der Waals surface area (Å²) in [7, 11) is 0. The Balaban J connectivity index is 2.78. The van der Waals surface area contributed by atoms with Gasteiger partial charge in [-0.3, -0.25) is 0 Å². The molecular weight excluding hydrogens is 232 g/mol. The van der Waals surface area contributed by atoms with E-state index < -0.39 is 0 Å². The Kier molecular flexibility index (Phi) is 2.03. The Morgan fingerprint density at radius 3 is 2.92 bits per heavy atom. The molecule has 0 aliphatic carbocycles. The van der Waals surface area contributed by atoms with E-state index in [9.17, 15) is 0 Å². The predicted octanol–water partition coefficient (Wildman–Crippen LogP) is 2.17. The van der Waals surface area contributed by atoms with E-state index in [1.165, 1.54) is 6.33 Å². The molecule has 0 spiro atoms. The second-order valence-electron chi connectivity index (χ2n) is 3.08. The molecule has 0 N–H and O–H groups in total. The zero-order chi connectivity index (χ0) is 9.42. The first-order valence-corrected chi connectivity index (χ1v) is 4.83. The van der Waals surface area contributed by atoms with Crippen molar-refractivity contribution in [2.45, 2.75) is 19.9 Å². The molecule has 0 saturated heterocycles. The molecule has 0 amide bonds. The van der Waals surface area contributed by atoms with Crippen molar-refractivity contribution >= 4 is 27.1 Å². The van der Waals surface area contributed by atoms with Gasteiger partial charge in [0.15, 0.2) is 10.4 Å². The minimum atomic E-state index is 0.352. The van der Waals surface area contributed by atoms with Crippen molar-refractivity contribution in [3.63, 3.8) is 0 Å². The molecule has 0 saturated carbocycles. The molecule has 0 bridgehead atoms. The van der Waals surface area contributed by atoms with Crippen LogP contribution in [0.4, 0.5) is 0 Å². The highest BCUT2D eigenvalue weighted by molar-refractivity contribution is 9.10. The van der Waals surface area contributed by atoms with Crippen LogP contribution in [0.3, 0.4) is 0 Å². The second kappa shape index (κ2) is 3.06. The Labute approximate surface area is 84.2 Å². The highest BCUT2D eigenvalue weighted by Gasteiger charge is 2.11. The number of halogens is 1. The number of hydrogen-bond donors (Lipinski definition) is 0. The van der Waals surface area contributed by atoms with Crippen LogP contribution in [0, 0.1) is 0 Å². The summed E-state index contributed by atoms with van der Waals surface area (Å²) < 4.78 is 2.85. The van der Waals surface area contributed by atoms with E-state index in [2.05, 4.69) is 49.3 Å². The Morgan fingerprint density at radius 2 is 2.23 bits per heavy atom. The van der Waals surface area contributed by atoms with Gasteiger partial charge in [0.2, 0.25) is 0 Å². The molecule has 2 aromatic rings. The van der Waals surface area contributed by atoms with Gasteiger partial charge in [0.05, 0.1) is 6.20 Å². The van der Waals surface area contributed by atoms with Crippen molar-refractivity contribution in [1.29, 1.82) is 0 Å². The van der Waals surface area contributed by atoms with E-state index in [0.717, 1.165) is 15.9 Å². The lowest BCUT2D eigenvalue weighted by Gasteiger charge is -2.08. The van der Waals surface area contributed by atoms with Gasteiger partial charge in [0.25, 0.3) is 0 Å². The standard InChI is InChI=1S/C8H9BrN4/c1-5(2)13-6-3-10-4-11-7(6)12-8(13)9/h3-5H,1-2H3. The average molecular weight is 241 g/mol. The molecule has 0 aromatic carbocycles. The monoisotopic (exact) mass is 240 g/mol. The van der Waals surface area contributed by atoms with Crippen molar-refractivity contribution in [2.24, 2.45) is 0 Å². The van der Waals surface area contributed by atoms with E-state index >= 15 is 0 Å². The first kappa shape index (κ1) is 8.62. The molecule has 68 valence electrons. The number of rotatable bonds is 1. The minimum absolute atomic E-state index is 0.352. The van der Waals surface area contributed by atoms with Gasteiger partial charge in [-0.1, -0.05) is 0 Å². The lowest BCUT2D eigenvalue weighted by molar-refractivity contribution is 0.604. The fraction of sp³-hybridized carbons (Fsp3) is 0.375. The fourth-order valence-corrected chi connectivity index (χ4v) is 2.07. The van der Waals surface area contributed by atoms with Gasteiger partial charge in [0.1, 0.15) is 11.8 Å². The maximum atomic E-state index is 4.26. The smallest absolute Gasteiger partial charge is 0.181 e. The summed E-state index contributed by atoms with van der Waals surface area (Å²) in [4.78, 5) is 12.3. The van der Waals surface area contributed by atoms with Crippen LogP contribution in [0.2, 0.25) is 0 Å². The molecule has 5 heteroatoms. The van der Waals surface area contributed by atoms with Crippen LogP contribution in [-0.4, -0.2) is 19.5 Å². The van der Waals surface area contributed by atoms with Gasteiger partial charge >= 0.3 is 0 Å². The third-order valence-electron chi connectivity index (χ3n) is 1.85. The molecule has 4 nitrogen and oxygen atoms in total. The minimum Gasteiger partial charge on any atom is -0.313 e. The van der Waals surface area contributed by atoms with Crippen LogP contribution < -0.4 is 0 Å². The molecule has 0 unspecified atom stereocenters. The Bertz CT molecular complexity index is 435. The summed E-state index contributed by atoms with van der Waals surface area (Å²) in [5.74, 6) is 0. The SMILES string of the molecule is CC(C)n1c(Br)nc2ncncc21. The normalized spacial score (nSPS) is 11.4. The van der Waals surface area contributed by atoms with Crippen molar-refractivity contribution < 1.29 is 0 Å².